The molecule has 48 heavy (non-hydrogen) atoms. The minimum atomic E-state index is -0.329. The molecule has 4 aliphatic rings. The maximum atomic E-state index is 14.2. The Bertz CT molecular complexity index is 1700. The maximum Gasteiger partial charge on any atom is 0.234 e. The van der Waals surface area contributed by atoms with Gasteiger partial charge in [-0.15, -0.1) is 0 Å². The number of pyridine rings is 1. The molecule has 0 radical (unpaired) electrons. The van der Waals surface area contributed by atoms with Gasteiger partial charge in [0.15, 0.2) is 0 Å². The van der Waals surface area contributed by atoms with Crippen LogP contribution >= 0.6 is 15.9 Å². The Kier molecular flexibility index (Phi) is 9.94. The average Bonchev–Trinajstić information content (AvgIpc) is 3.64. The first-order valence-electron chi connectivity index (χ1n) is 17.5. The van der Waals surface area contributed by atoms with Crippen molar-refractivity contribution in [1.29, 1.82) is 0 Å². The predicted octanol–water partition coefficient (Wildman–Crippen LogP) is 7.65. The third kappa shape index (κ3) is 6.67. The number of rotatable bonds is 10. The summed E-state index contributed by atoms with van der Waals surface area (Å²) in [6, 6.07) is 21.8. The van der Waals surface area contributed by atoms with Gasteiger partial charge in [-0.2, -0.15) is 0 Å². The largest absolute Gasteiger partial charge is 0.507 e. The number of phenols is 1. The Hall–Kier alpha value is -3.59. The number of aromatic hydroxyl groups is 1. The molecule has 3 saturated heterocycles. The Morgan fingerprint density at radius 3 is 2.56 bits per heavy atom. The summed E-state index contributed by atoms with van der Waals surface area (Å²) in [6.45, 7) is 5.33. The first kappa shape index (κ1) is 32.9. The Morgan fingerprint density at radius 2 is 1.81 bits per heavy atom. The Morgan fingerprint density at radius 1 is 1.02 bits per heavy atom. The number of halogens is 1. The van der Waals surface area contributed by atoms with Crippen molar-refractivity contribution >= 4 is 39.4 Å². The van der Waals surface area contributed by atoms with Gasteiger partial charge in [0.25, 0.3) is 0 Å². The van der Waals surface area contributed by atoms with Gasteiger partial charge in [0.2, 0.25) is 11.8 Å². The highest BCUT2D eigenvalue weighted by atomic mass is 79.9. The molecule has 7 rings (SSSR count). The second-order valence-electron chi connectivity index (χ2n) is 13.7. The summed E-state index contributed by atoms with van der Waals surface area (Å²) in [5, 5.41) is 10.6. The summed E-state index contributed by atoms with van der Waals surface area (Å²) in [5.41, 5.74) is 6.48. The van der Waals surface area contributed by atoms with Crippen LogP contribution in [0, 0.1) is 17.8 Å². The number of allylic oxidation sites excluding steroid dienone is 2. The molecule has 4 heterocycles. The van der Waals surface area contributed by atoms with Crippen molar-refractivity contribution in [3.05, 3.63) is 105 Å². The van der Waals surface area contributed by atoms with E-state index in [1.807, 2.05) is 42.5 Å². The van der Waals surface area contributed by atoms with Crippen molar-refractivity contribution in [1.82, 2.24) is 14.8 Å². The minimum Gasteiger partial charge on any atom is -0.507 e. The van der Waals surface area contributed by atoms with Gasteiger partial charge < -0.3 is 9.84 Å². The van der Waals surface area contributed by atoms with E-state index in [0.29, 0.717) is 19.4 Å². The third-order valence-corrected chi connectivity index (χ3v) is 11.2. The predicted molar refractivity (Wildman–Crippen MR) is 191 cm³/mol. The number of imide groups is 1. The molecule has 2 aromatic carbocycles. The molecule has 3 aliphatic heterocycles. The molecule has 1 aliphatic carbocycles. The molecule has 4 atom stereocenters. The highest BCUT2D eigenvalue weighted by molar-refractivity contribution is 9.10. The van der Waals surface area contributed by atoms with Gasteiger partial charge in [-0.25, -0.2) is 0 Å². The molecule has 8 heteroatoms. The van der Waals surface area contributed by atoms with Crippen LogP contribution in [0.25, 0.3) is 11.6 Å². The number of nitrogens with zero attached hydrogens (tertiary/aromatic N) is 3. The molecule has 2 amide bonds. The fourth-order valence-corrected chi connectivity index (χ4v) is 8.89. The number of phenolic OH excluding ortho intramolecular Hbond substituents is 1. The van der Waals surface area contributed by atoms with Crippen LogP contribution in [0.3, 0.4) is 0 Å². The van der Waals surface area contributed by atoms with E-state index >= 15 is 0 Å². The van der Waals surface area contributed by atoms with Crippen LogP contribution in [0.1, 0.15) is 68.7 Å². The van der Waals surface area contributed by atoms with Crippen LogP contribution < -0.4 is 0 Å². The van der Waals surface area contributed by atoms with Crippen molar-refractivity contribution in [2.24, 2.45) is 17.8 Å². The standard InChI is InChI=1S/C40H44BrN3O4/c1-2-8-28-23-32-38(40(47)44(39(32)46)31-16-19-43(20-17-31)24-26-9-4-3-5-10-26)33-25-48-36(37(28)33)15-12-27(34-11-6-7-18-42-34)21-29-22-30(41)13-14-35(29)45/h3-7,9-11,13-14,18,21-22,31-33,36,38,45H,2,8,12,15-17,19-20,23-25H2,1H3/b27-21-/t32-,33+,36-,38-/m1/s1. The number of carbonyl (C=O) groups excluding carboxylic acids is 2. The molecule has 3 fully saturated rings. The zero-order valence-corrected chi connectivity index (χ0v) is 29.1. The minimum absolute atomic E-state index is 0.0213. The average molecular weight is 711 g/mol. The lowest BCUT2D eigenvalue weighted by Gasteiger charge is -2.36. The summed E-state index contributed by atoms with van der Waals surface area (Å²) in [7, 11) is 0. The molecule has 0 unspecified atom stereocenters. The number of fused-ring (bicyclic) bond motifs is 3. The van der Waals surface area contributed by atoms with Gasteiger partial charge >= 0.3 is 0 Å². The van der Waals surface area contributed by atoms with Crippen molar-refractivity contribution in [2.45, 2.75) is 70.6 Å². The van der Waals surface area contributed by atoms with Gasteiger partial charge in [-0.3, -0.25) is 24.4 Å². The molecular weight excluding hydrogens is 666 g/mol. The molecule has 1 aromatic heterocycles. The van der Waals surface area contributed by atoms with Gasteiger partial charge in [-0.1, -0.05) is 71.2 Å². The number of carbonyl (C=O) groups is 2. The van der Waals surface area contributed by atoms with Crippen molar-refractivity contribution in [2.75, 3.05) is 19.7 Å². The first-order valence-corrected chi connectivity index (χ1v) is 18.3. The second-order valence-corrected chi connectivity index (χ2v) is 14.7. The van der Waals surface area contributed by atoms with Gasteiger partial charge in [0, 0.05) is 47.8 Å². The molecule has 7 nitrogen and oxygen atoms in total. The summed E-state index contributed by atoms with van der Waals surface area (Å²) in [4.78, 5) is 37.0. The van der Waals surface area contributed by atoms with E-state index in [2.05, 4.69) is 57.0 Å². The molecule has 250 valence electrons. The summed E-state index contributed by atoms with van der Waals surface area (Å²) in [5.74, 6) is -0.382. The van der Waals surface area contributed by atoms with E-state index in [-0.39, 0.29) is 47.5 Å². The Balaban J connectivity index is 1.08. The van der Waals surface area contributed by atoms with Gasteiger partial charge in [0.05, 0.1) is 30.2 Å². The number of amides is 2. The van der Waals surface area contributed by atoms with Crippen LogP contribution in [0.2, 0.25) is 0 Å². The normalized spacial score (nSPS) is 25.1. The number of ether oxygens (including phenoxy) is 1. The van der Waals surface area contributed by atoms with Gasteiger partial charge in [0.1, 0.15) is 5.75 Å². The van der Waals surface area contributed by atoms with Crippen LogP contribution in [0.15, 0.2) is 88.5 Å². The monoisotopic (exact) mass is 709 g/mol. The van der Waals surface area contributed by atoms with Crippen LogP contribution in [-0.2, 0) is 20.9 Å². The van der Waals surface area contributed by atoms with E-state index in [1.165, 1.54) is 16.7 Å². The number of hydrogen-bond acceptors (Lipinski definition) is 6. The van der Waals surface area contributed by atoms with Crippen LogP contribution in [-0.4, -0.2) is 63.5 Å². The highest BCUT2D eigenvalue weighted by Gasteiger charge is 2.58. The van der Waals surface area contributed by atoms with E-state index in [4.69, 9.17) is 4.74 Å². The fourth-order valence-electron chi connectivity index (χ4n) is 8.52. The van der Waals surface area contributed by atoms with Gasteiger partial charge in [-0.05, 0) is 91.6 Å². The zero-order chi connectivity index (χ0) is 33.2. The fraction of sp³-hybridized carbons (Fsp3) is 0.425. The molecular formula is C40H44BrN3O4. The summed E-state index contributed by atoms with van der Waals surface area (Å²) < 4.78 is 7.44. The SMILES string of the molecule is CCCC1=C2[C@@H](CC/C(=C/c3cc(Br)ccc3O)c3ccccn3)OC[C@@H]2[C@@H]2C(=O)N(C3CCN(Cc4ccccc4)CC3)C(=O)[C@@H]2C1. The number of piperidine rings is 1. The lowest BCUT2D eigenvalue weighted by atomic mass is 9.68. The Labute approximate surface area is 291 Å². The maximum absolute atomic E-state index is 14.2. The number of aromatic nitrogens is 1. The van der Waals surface area contributed by atoms with Crippen LogP contribution in [0.5, 0.6) is 5.75 Å². The lowest BCUT2D eigenvalue weighted by molar-refractivity contribution is -0.144. The smallest absolute Gasteiger partial charge is 0.234 e. The van der Waals surface area contributed by atoms with E-state index in [0.717, 1.165) is 73.0 Å². The zero-order valence-electron chi connectivity index (χ0n) is 27.6. The summed E-state index contributed by atoms with van der Waals surface area (Å²) >= 11 is 3.53. The second kappa shape index (κ2) is 14.5. The highest BCUT2D eigenvalue weighted by Crippen LogP contribution is 2.51. The number of benzene rings is 2. The molecule has 3 aromatic rings. The van der Waals surface area contributed by atoms with Crippen molar-refractivity contribution < 1.29 is 19.4 Å². The summed E-state index contributed by atoms with van der Waals surface area (Å²) in [6.07, 6.45) is 9.33. The number of likely N-dealkylation sites (tertiary alicyclic amines) is 2. The quantitative estimate of drug-likeness (QED) is 0.172. The van der Waals surface area contributed by atoms with E-state index in [9.17, 15) is 14.7 Å². The molecule has 0 saturated carbocycles. The third-order valence-electron chi connectivity index (χ3n) is 10.8. The van der Waals surface area contributed by atoms with Crippen molar-refractivity contribution in [3.8, 4) is 5.75 Å². The number of hydrogen-bond donors (Lipinski definition) is 1. The van der Waals surface area contributed by atoms with Crippen LogP contribution in [0.4, 0.5) is 0 Å². The topological polar surface area (TPSA) is 83.0 Å². The first-order chi connectivity index (χ1) is 23.4. The molecule has 0 bridgehead atoms. The lowest BCUT2D eigenvalue weighted by Crippen LogP contribution is -2.47. The van der Waals surface area contributed by atoms with E-state index in [1.54, 1.807) is 17.2 Å². The van der Waals surface area contributed by atoms with Crippen molar-refractivity contribution in [3.63, 3.8) is 0 Å². The van der Waals surface area contributed by atoms with E-state index < -0.39 is 0 Å². The molecule has 1 N–H and O–H groups in total. The molecule has 0 spiro atoms.